The number of piperidine rings is 1. The Kier molecular flexibility index (Phi) is 4.18. The summed E-state index contributed by atoms with van der Waals surface area (Å²) in [5.41, 5.74) is 1.23. The minimum Gasteiger partial charge on any atom is -0.391 e. The van der Waals surface area contributed by atoms with Gasteiger partial charge >= 0.3 is 0 Å². The van der Waals surface area contributed by atoms with Crippen LogP contribution in [0.4, 0.5) is 0 Å². The van der Waals surface area contributed by atoms with Gasteiger partial charge in [-0.05, 0) is 24.5 Å². The highest BCUT2D eigenvalue weighted by Crippen LogP contribution is 2.21. The van der Waals surface area contributed by atoms with Gasteiger partial charge in [-0.2, -0.15) is 5.10 Å². The first-order chi connectivity index (χ1) is 10.6. The molecule has 1 amide bonds. The van der Waals surface area contributed by atoms with Crippen molar-refractivity contribution in [1.29, 1.82) is 0 Å². The molecular weight excluding hydrogens is 302 g/mol. The molecule has 2 heterocycles. The molecule has 2 atom stereocenters. The second-order valence-electron chi connectivity index (χ2n) is 5.71. The molecule has 1 aliphatic rings. The fourth-order valence-electron chi connectivity index (χ4n) is 2.62. The molecule has 1 aromatic carbocycles. The number of β-amino-alcohol motifs (C(OH)–C–C–N with tert-alkyl or cyclic N) is 1. The van der Waals surface area contributed by atoms with E-state index in [1.807, 2.05) is 25.1 Å². The SMILES string of the molecule is CC1CCN(C(=O)c2cnn(-c3ccccc3Cl)c2)CC1O. The van der Waals surface area contributed by atoms with Crippen LogP contribution in [0.25, 0.3) is 5.69 Å². The number of amides is 1. The number of likely N-dealkylation sites (tertiary alicyclic amines) is 1. The Bertz CT molecular complexity index is 686. The van der Waals surface area contributed by atoms with Gasteiger partial charge in [0, 0.05) is 19.3 Å². The first-order valence-electron chi connectivity index (χ1n) is 7.33. The molecule has 6 heteroatoms. The number of hydrogen-bond acceptors (Lipinski definition) is 3. The van der Waals surface area contributed by atoms with E-state index in [0.29, 0.717) is 23.7 Å². The van der Waals surface area contributed by atoms with Crippen molar-refractivity contribution in [3.63, 3.8) is 0 Å². The molecule has 2 unspecified atom stereocenters. The fourth-order valence-corrected chi connectivity index (χ4v) is 2.84. The molecule has 1 fully saturated rings. The number of para-hydroxylation sites is 1. The van der Waals surface area contributed by atoms with E-state index in [-0.39, 0.29) is 11.8 Å². The predicted molar refractivity (Wildman–Crippen MR) is 84.3 cm³/mol. The van der Waals surface area contributed by atoms with Crippen molar-refractivity contribution in [1.82, 2.24) is 14.7 Å². The van der Waals surface area contributed by atoms with Crippen LogP contribution in [-0.2, 0) is 0 Å². The van der Waals surface area contributed by atoms with Gasteiger partial charge < -0.3 is 10.0 Å². The average molecular weight is 320 g/mol. The maximum absolute atomic E-state index is 12.5. The number of hydrogen-bond donors (Lipinski definition) is 1. The Morgan fingerprint density at radius 2 is 2.18 bits per heavy atom. The highest BCUT2D eigenvalue weighted by atomic mass is 35.5. The van der Waals surface area contributed by atoms with E-state index >= 15 is 0 Å². The van der Waals surface area contributed by atoms with Gasteiger partial charge in [-0.15, -0.1) is 0 Å². The number of rotatable bonds is 2. The summed E-state index contributed by atoms with van der Waals surface area (Å²) in [5.74, 6) is 0.124. The third kappa shape index (κ3) is 2.87. The van der Waals surface area contributed by atoms with Crippen LogP contribution in [0, 0.1) is 5.92 Å². The number of carbonyl (C=O) groups excluding carboxylic acids is 1. The van der Waals surface area contributed by atoms with Gasteiger partial charge in [0.05, 0.1) is 28.6 Å². The lowest BCUT2D eigenvalue weighted by molar-refractivity contribution is 0.0248. The van der Waals surface area contributed by atoms with E-state index in [2.05, 4.69) is 5.10 Å². The summed E-state index contributed by atoms with van der Waals surface area (Å²) in [7, 11) is 0. The normalized spacial score (nSPS) is 21.9. The van der Waals surface area contributed by atoms with Crippen LogP contribution in [0.1, 0.15) is 23.7 Å². The summed E-state index contributed by atoms with van der Waals surface area (Å²) in [6.07, 6.45) is 3.56. The van der Waals surface area contributed by atoms with Gasteiger partial charge in [0.15, 0.2) is 0 Å². The molecule has 0 bridgehead atoms. The van der Waals surface area contributed by atoms with E-state index in [1.54, 1.807) is 21.8 Å². The zero-order valence-electron chi connectivity index (χ0n) is 12.3. The number of halogens is 1. The molecule has 2 aromatic rings. The first kappa shape index (κ1) is 15.1. The zero-order valence-corrected chi connectivity index (χ0v) is 13.1. The largest absolute Gasteiger partial charge is 0.391 e. The van der Waals surface area contributed by atoms with Crippen LogP contribution in [0.3, 0.4) is 0 Å². The predicted octanol–water partition coefficient (Wildman–Crippen LogP) is 2.37. The van der Waals surface area contributed by atoms with Crippen LogP contribution >= 0.6 is 11.6 Å². The van der Waals surface area contributed by atoms with Crippen molar-refractivity contribution < 1.29 is 9.90 Å². The van der Waals surface area contributed by atoms with Crippen LogP contribution in [0.15, 0.2) is 36.7 Å². The van der Waals surface area contributed by atoms with Gasteiger partial charge in [-0.25, -0.2) is 4.68 Å². The highest BCUT2D eigenvalue weighted by Gasteiger charge is 2.28. The molecule has 1 aliphatic heterocycles. The molecule has 3 rings (SSSR count). The number of aliphatic hydroxyl groups is 1. The topological polar surface area (TPSA) is 58.4 Å². The van der Waals surface area contributed by atoms with Crippen molar-refractivity contribution in [2.75, 3.05) is 13.1 Å². The van der Waals surface area contributed by atoms with Gasteiger partial charge in [0.25, 0.3) is 5.91 Å². The molecule has 0 saturated carbocycles. The van der Waals surface area contributed by atoms with Crippen LogP contribution < -0.4 is 0 Å². The number of aromatic nitrogens is 2. The molecule has 0 spiro atoms. The Morgan fingerprint density at radius 1 is 1.41 bits per heavy atom. The quantitative estimate of drug-likeness (QED) is 0.924. The van der Waals surface area contributed by atoms with Crippen molar-refractivity contribution in [3.8, 4) is 5.69 Å². The van der Waals surface area contributed by atoms with E-state index in [1.165, 1.54) is 6.20 Å². The summed E-state index contributed by atoms with van der Waals surface area (Å²) in [4.78, 5) is 14.2. The zero-order chi connectivity index (χ0) is 15.7. The lowest BCUT2D eigenvalue weighted by atomic mass is 9.96. The second-order valence-corrected chi connectivity index (χ2v) is 6.12. The van der Waals surface area contributed by atoms with Gasteiger partial charge in [0.2, 0.25) is 0 Å². The Hall–Kier alpha value is -1.85. The fraction of sp³-hybridized carbons (Fsp3) is 0.375. The molecule has 0 radical (unpaired) electrons. The minimum absolute atomic E-state index is 0.107. The van der Waals surface area contributed by atoms with Gasteiger partial charge in [-0.3, -0.25) is 4.79 Å². The third-order valence-electron chi connectivity index (χ3n) is 4.13. The maximum Gasteiger partial charge on any atom is 0.257 e. The van der Waals surface area contributed by atoms with Crippen molar-refractivity contribution in [2.45, 2.75) is 19.4 Å². The molecule has 116 valence electrons. The van der Waals surface area contributed by atoms with Gasteiger partial charge in [0.1, 0.15) is 0 Å². The van der Waals surface area contributed by atoms with Crippen LogP contribution in [-0.4, -0.2) is 44.9 Å². The summed E-state index contributed by atoms with van der Waals surface area (Å²) in [6.45, 7) is 3.04. The molecule has 5 nitrogen and oxygen atoms in total. The molecular formula is C16H18ClN3O2. The number of carbonyl (C=O) groups is 1. The summed E-state index contributed by atoms with van der Waals surface area (Å²) < 4.78 is 1.60. The highest BCUT2D eigenvalue weighted by molar-refractivity contribution is 6.32. The van der Waals surface area contributed by atoms with Crippen molar-refractivity contribution in [3.05, 3.63) is 47.2 Å². The van der Waals surface area contributed by atoms with E-state index in [4.69, 9.17) is 11.6 Å². The number of nitrogens with zero attached hydrogens (tertiary/aromatic N) is 3. The van der Waals surface area contributed by atoms with E-state index in [0.717, 1.165) is 12.1 Å². The average Bonchev–Trinajstić information content (AvgIpc) is 2.99. The Labute approximate surface area is 134 Å². The lowest BCUT2D eigenvalue weighted by Gasteiger charge is -2.34. The third-order valence-corrected chi connectivity index (χ3v) is 4.45. The summed E-state index contributed by atoms with van der Waals surface area (Å²) in [6, 6.07) is 7.34. The lowest BCUT2D eigenvalue weighted by Crippen LogP contribution is -2.45. The van der Waals surface area contributed by atoms with E-state index < -0.39 is 6.10 Å². The standard InChI is InChI=1S/C16H18ClN3O2/c1-11-6-7-19(10-15(11)21)16(22)12-8-18-20(9-12)14-5-3-2-4-13(14)17/h2-5,8-9,11,15,21H,6-7,10H2,1H3. The maximum atomic E-state index is 12.5. The van der Waals surface area contributed by atoms with Gasteiger partial charge in [-0.1, -0.05) is 30.7 Å². The first-order valence-corrected chi connectivity index (χ1v) is 7.71. The van der Waals surface area contributed by atoms with Crippen LogP contribution in [0.5, 0.6) is 0 Å². The minimum atomic E-state index is -0.462. The number of aliphatic hydroxyl groups excluding tert-OH is 1. The molecule has 1 aromatic heterocycles. The smallest absolute Gasteiger partial charge is 0.257 e. The van der Waals surface area contributed by atoms with Crippen molar-refractivity contribution in [2.24, 2.45) is 5.92 Å². The molecule has 22 heavy (non-hydrogen) atoms. The number of benzene rings is 1. The Morgan fingerprint density at radius 3 is 2.91 bits per heavy atom. The monoisotopic (exact) mass is 319 g/mol. The second kappa shape index (κ2) is 6.10. The Balaban J connectivity index is 1.79. The summed E-state index contributed by atoms with van der Waals surface area (Å²) >= 11 is 6.14. The van der Waals surface area contributed by atoms with Crippen LogP contribution in [0.2, 0.25) is 5.02 Å². The van der Waals surface area contributed by atoms with Crippen molar-refractivity contribution >= 4 is 17.5 Å². The molecule has 0 aliphatic carbocycles. The van der Waals surface area contributed by atoms with E-state index in [9.17, 15) is 9.90 Å². The molecule has 1 N–H and O–H groups in total. The summed E-state index contributed by atoms with van der Waals surface area (Å²) in [5, 5.41) is 14.7. The molecule has 1 saturated heterocycles.